The summed E-state index contributed by atoms with van der Waals surface area (Å²) in [6, 6.07) is 15.8. The van der Waals surface area contributed by atoms with Crippen LogP contribution in [0.25, 0.3) is 0 Å². The average molecular weight is 285 g/mol. The van der Waals surface area contributed by atoms with Gasteiger partial charge in [-0.3, -0.25) is 0 Å². The van der Waals surface area contributed by atoms with Gasteiger partial charge in [-0.25, -0.2) is 0 Å². The lowest BCUT2D eigenvalue weighted by atomic mass is 10.1. The fourth-order valence-electron chi connectivity index (χ4n) is 1.79. The van der Waals surface area contributed by atoms with Gasteiger partial charge in [-0.15, -0.1) is 11.8 Å². The van der Waals surface area contributed by atoms with Crippen molar-refractivity contribution in [1.82, 2.24) is 0 Å². The van der Waals surface area contributed by atoms with E-state index in [1.807, 2.05) is 42.5 Å². The molecule has 0 bridgehead atoms. The van der Waals surface area contributed by atoms with Gasteiger partial charge in [-0.2, -0.15) is 5.26 Å². The first-order valence-electron chi connectivity index (χ1n) is 6.10. The average Bonchev–Trinajstić information content (AvgIpc) is 2.52. The third-order valence-corrected chi connectivity index (χ3v) is 3.90. The molecule has 0 radical (unpaired) electrons. The van der Waals surface area contributed by atoms with E-state index in [-0.39, 0.29) is 0 Å². The molecule has 2 aromatic rings. The lowest BCUT2D eigenvalue weighted by Gasteiger charge is -2.07. The van der Waals surface area contributed by atoms with Gasteiger partial charge in [0, 0.05) is 10.6 Å². The predicted octanol–water partition coefficient (Wildman–Crippen LogP) is 3.87. The monoisotopic (exact) mass is 285 g/mol. The van der Waals surface area contributed by atoms with Crippen LogP contribution in [-0.2, 0) is 5.75 Å². The minimum absolute atomic E-state index is 0.566. The minimum Gasteiger partial charge on any atom is -0.497 e. The Hall–Kier alpha value is -2.12. The normalized spacial score (nSPS) is 9.85. The molecule has 0 amide bonds. The largest absolute Gasteiger partial charge is 0.497 e. The van der Waals surface area contributed by atoms with Gasteiger partial charge in [0.05, 0.1) is 19.8 Å². The van der Waals surface area contributed by atoms with Crippen LogP contribution in [0.2, 0.25) is 0 Å². The summed E-state index contributed by atoms with van der Waals surface area (Å²) in [5, 5.41) is 9.07. The second-order valence-electron chi connectivity index (χ2n) is 4.11. The van der Waals surface area contributed by atoms with E-state index < -0.39 is 0 Å². The first-order chi connectivity index (χ1) is 9.76. The van der Waals surface area contributed by atoms with Gasteiger partial charge in [0.25, 0.3) is 0 Å². The van der Waals surface area contributed by atoms with Gasteiger partial charge in [0.1, 0.15) is 17.6 Å². The van der Waals surface area contributed by atoms with Crippen molar-refractivity contribution in [3.05, 3.63) is 53.6 Å². The van der Waals surface area contributed by atoms with Crippen molar-refractivity contribution < 1.29 is 9.47 Å². The topological polar surface area (TPSA) is 42.2 Å². The molecule has 3 nitrogen and oxygen atoms in total. The predicted molar refractivity (Wildman–Crippen MR) is 80.3 cm³/mol. The van der Waals surface area contributed by atoms with Crippen LogP contribution in [0, 0.1) is 11.3 Å². The van der Waals surface area contributed by atoms with Gasteiger partial charge >= 0.3 is 0 Å². The van der Waals surface area contributed by atoms with Gasteiger partial charge in [-0.1, -0.05) is 12.1 Å². The molecule has 0 aliphatic carbocycles. The smallest absolute Gasteiger partial charge is 0.136 e. The first-order valence-corrected chi connectivity index (χ1v) is 7.09. The van der Waals surface area contributed by atoms with Crippen molar-refractivity contribution in [2.24, 2.45) is 0 Å². The molecule has 0 spiro atoms. The molecular formula is C16H15NO2S. The number of nitrogens with zero attached hydrogens (tertiary/aromatic N) is 1. The maximum Gasteiger partial charge on any atom is 0.136 e. The summed E-state index contributed by atoms with van der Waals surface area (Å²) >= 11 is 1.71. The second kappa shape index (κ2) is 6.88. The van der Waals surface area contributed by atoms with Crippen LogP contribution in [0.1, 0.15) is 11.1 Å². The quantitative estimate of drug-likeness (QED) is 0.782. The molecule has 20 heavy (non-hydrogen) atoms. The van der Waals surface area contributed by atoms with E-state index in [0.29, 0.717) is 11.3 Å². The number of thioether (sulfide) groups is 1. The van der Waals surface area contributed by atoms with Gasteiger partial charge in [0.15, 0.2) is 0 Å². The maximum absolute atomic E-state index is 9.07. The number of nitriles is 1. The van der Waals surface area contributed by atoms with Gasteiger partial charge < -0.3 is 9.47 Å². The summed E-state index contributed by atoms with van der Waals surface area (Å²) in [6.07, 6.45) is 0. The van der Waals surface area contributed by atoms with E-state index >= 15 is 0 Å². The van der Waals surface area contributed by atoms with Gasteiger partial charge in [0.2, 0.25) is 0 Å². The Bertz CT molecular complexity index is 635. The molecule has 0 saturated heterocycles. The van der Waals surface area contributed by atoms with Crippen LogP contribution in [0.15, 0.2) is 47.4 Å². The molecule has 4 heteroatoms. The standard InChI is InChI=1S/C16H15NO2S/c1-18-14-4-3-5-15(9-14)20-11-12-6-7-16(19-2)13(8-12)10-17/h3-9H,11H2,1-2H3. The van der Waals surface area contributed by atoms with Crippen molar-refractivity contribution in [1.29, 1.82) is 5.26 Å². The number of hydrogen-bond donors (Lipinski definition) is 0. The van der Waals surface area contributed by atoms with E-state index in [1.165, 1.54) is 0 Å². The molecule has 0 aliphatic rings. The van der Waals surface area contributed by atoms with Crippen LogP contribution < -0.4 is 9.47 Å². The summed E-state index contributed by atoms with van der Waals surface area (Å²) in [5.74, 6) is 2.26. The van der Waals surface area contributed by atoms with Crippen LogP contribution in [0.4, 0.5) is 0 Å². The summed E-state index contributed by atoms with van der Waals surface area (Å²) in [4.78, 5) is 1.14. The highest BCUT2D eigenvalue weighted by atomic mass is 32.2. The van der Waals surface area contributed by atoms with Crippen molar-refractivity contribution in [2.45, 2.75) is 10.6 Å². The Morgan fingerprint density at radius 1 is 1.10 bits per heavy atom. The summed E-state index contributed by atoms with van der Waals surface area (Å²) in [7, 11) is 3.23. The highest BCUT2D eigenvalue weighted by molar-refractivity contribution is 7.98. The highest BCUT2D eigenvalue weighted by Crippen LogP contribution is 2.28. The van der Waals surface area contributed by atoms with Crippen molar-refractivity contribution >= 4 is 11.8 Å². The molecule has 0 fully saturated rings. The Morgan fingerprint density at radius 2 is 1.95 bits per heavy atom. The van der Waals surface area contributed by atoms with Crippen LogP contribution in [0.3, 0.4) is 0 Å². The first kappa shape index (κ1) is 14.3. The minimum atomic E-state index is 0.566. The SMILES string of the molecule is COc1cccc(SCc2ccc(OC)c(C#N)c2)c1. The van der Waals surface area contributed by atoms with Crippen LogP contribution >= 0.6 is 11.8 Å². The Balaban J connectivity index is 2.09. The Kier molecular flexibility index (Phi) is 4.91. The van der Waals surface area contributed by atoms with Crippen LogP contribution in [-0.4, -0.2) is 14.2 Å². The van der Waals surface area contributed by atoms with E-state index in [9.17, 15) is 0 Å². The second-order valence-corrected chi connectivity index (χ2v) is 5.16. The number of ether oxygens (including phenoxy) is 2. The molecule has 0 heterocycles. The molecule has 0 aliphatic heterocycles. The van der Waals surface area contributed by atoms with E-state index in [0.717, 1.165) is 22.0 Å². The van der Waals surface area contributed by atoms with Gasteiger partial charge in [-0.05, 0) is 35.9 Å². The molecule has 0 atom stereocenters. The zero-order valence-electron chi connectivity index (χ0n) is 11.4. The Morgan fingerprint density at radius 3 is 2.65 bits per heavy atom. The lowest BCUT2D eigenvalue weighted by Crippen LogP contribution is -1.90. The fraction of sp³-hybridized carbons (Fsp3) is 0.188. The molecule has 2 rings (SSSR count). The number of benzene rings is 2. The van der Waals surface area contributed by atoms with E-state index in [1.54, 1.807) is 26.0 Å². The molecule has 0 unspecified atom stereocenters. The van der Waals surface area contributed by atoms with Crippen molar-refractivity contribution in [2.75, 3.05) is 14.2 Å². The molecular weight excluding hydrogens is 270 g/mol. The Labute approximate surface area is 123 Å². The number of methoxy groups -OCH3 is 2. The maximum atomic E-state index is 9.07. The van der Waals surface area contributed by atoms with Crippen LogP contribution in [0.5, 0.6) is 11.5 Å². The lowest BCUT2D eigenvalue weighted by molar-refractivity contribution is 0.413. The highest BCUT2D eigenvalue weighted by Gasteiger charge is 2.04. The number of hydrogen-bond acceptors (Lipinski definition) is 4. The molecule has 0 N–H and O–H groups in total. The molecule has 102 valence electrons. The number of rotatable bonds is 5. The third kappa shape index (κ3) is 3.46. The fourth-order valence-corrected chi connectivity index (χ4v) is 2.68. The zero-order chi connectivity index (χ0) is 14.4. The van der Waals surface area contributed by atoms with Crippen molar-refractivity contribution in [3.8, 4) is 17.6 Å². The van der Waals surface area contributed by atoms with E-state index in [4.69, 9.17) is 14.7 Å². The summed E-state index contributed by atoms with van der Waals surface area (Å²) in [6.45, 7) is 0. The summed E-state index contributed by atoms with van der Waals surface area (Å²) < 4.78 is 10.3. The zero-order valence-corrected chi connectivity index (χ0v) is 12.2. The molecule has 0 saturated carbocycles. The molecule has 0 aromatic heterocycles. The van der Waals surface area contributed by atoms with E-state index in [2.05, 4.69) is 6.07 Å². The summed E-state index contributed by atoms with van der Waals surface area (Å²) in [5.41, 5.74) is 1.66. The van der Waals surface area contributed by atoms with Crippen molar-refractivity contribution in [3.63, 3.8) is 0 Å². The third-order valence-electron chi connectivity index (χ3n) is 2.83. The molecule has 2 aromatic carbocycles.